The fourth-order valence-electron chi connectivity index (χ4n) is 4.78. The van der Waals surface area contributed by atoms with Crippen LogP contribution in [0.4, 0.5) is 0 Å². The van der Waals surface area contributed by atoms with E-state index in [9.17, 15) is 9.90 Å². The van der Waals surface area contributed by atoms with Crippen molar-refractivity contribution < 1.29 is 24.3 Å². The SMILES string of the molecule is CCc1cc(-c2noc(-c3ccc(C4CCCC4)c(C)n3)n2)cc(C)c1OC[C@@H](O)CNC(=O)CO. The molecular weight excluding hydrogens is 460 g/mol. The van der Waals surface area contributed by atoms with E-state index in [1.165, 1.54) is 31.2 Å². The molecule has 0 radical (unpaired) electrons. The second-order valence-corrected chi connectivity index (χ2v) is 9.34. The lowest BCUT2D eigenvalue weighted by Crippen LogP contribution is -2.36. The van der Waals surface area contributed by atoms with Crippen molar-refractivity contribution in [2.75, 3.05) is 19.8 Å². The fourth-order valence-corrected chi connectivity index (χ4v) is 4.78. The van der Waals surface area contributed by atoms with Gasteiger partial charge in [-0.1, -0.05) is 31.0 Å². The fraction of sp³-hybridized carbons (Fsp3) is 0.481. The molecule has 3 aromatic rings. The Balaban J connectivity index is 1.48. The summed E-state index contributed by atoms with van der Waals surface area (Å²) in [6.07, 6.45) is 4.82. The average Bonchev–Trinajstić information content (AvgIpc) is 3.59. The molecule has 1 amide bonds. The monoisotopic (exact) mass is 494 g/mol. The Hall–Kier alpha value is -3.30. The number of aryl methyl sites for hydroxylation is 3. The number of rotatable bonds is 10. The van der Waals surface area contributed by atoms with Crippen LogP contribution >= 0.6 is 0 Å². The number of hydrogen-bond acceptors (Lipinski definition) is 8. The number of aliphatic hydroxyl groups is 2. The summed E-state index contributed by atoms with van der Waals surface area (Å²) < 4.78 is 11.4. The van der Waals surface area contributed by atoms with Crippen molar-refractivity contribution in [3.8, 4) is 28.7 Å². The maximum Gasteiger partial charge on any atom is 0.276 e. The van der Waals surface area contributed by atoms with Gasteiger partial charge in [-0.3, -0.25) is 4.79 Å². The summed E-state index contributed by atoms with van der Waals surface area (Å²) in [6.45, 7) is 5.37. The van der Waals surface area contributed by atoms with Gasteiger partial charge in [0.2, 0.25) is 11.7 Å². The van der Waals surface area contributed by atoms with Gasteiger partial charge in [0.05, 0.1) is 0 Å². The molecule has 9 nitrogen and oxygen atoms in total. The summed E-state index contributed by atoms with van der Waals surface area (Å²) >= 11 is 0. The first kappa shape index (κ1) is 25.8. The first-order chi connectivity index (χ1) is 17.4. The van der Waals surface area contributed by atoms with Crippen molar-refractivity contribution in [2.45, 2.75) is 64.9 Å². The number of benzene rings is 1. The van der Waals surface area contributed by atoms with Crippen LogP contribution in [0.5, 0.6) is 5.75 Å². The van der Waals surface area contributed by atoms with Gasteiger partial charge in [-0.25, -0.2) is 4.98 Å². The highest BCUT2D eigenvalue weighted by molar-refractivity contribution is 5.76. The van der Waals surface area contributed by atoms with Crippen molar-refractivity contribution in [3.05, 3.63) is 46.6 Å². The first-order valence-electron chi connectivity index (χ1n) is 12.5. The van der Waals surface area contributed by atoms with Crippen LogP contribution in [0.2, 0.25) is 0 Å². The van der Waals surface area contributed by atoms with Crippen LogP contribution in [0.3, 0.4) is 0 Å². The third-order valence-electron chi connectivity index (χ3n) is 6.66. The smallest absolute Gasteiger partial charge is 0.276 e. The molecule has 0 saturated heterocycles. The van der Waals surface area contributed by atoms with Gasteiger partial charge < -0.3 is 24.8 Å². The molecular formula is C27H34N4O5. The van der Waals surface area contributed by atoms with Crippen LogP contribution in [-0.2, 0) is 11.2 Å². The molecule has 1 aliphatic rings. The maximum absolute atomic E-state index is 11.2. The number of nitrogens with one attached hydrogen (secondary N) is 1. The number of nitrogens with zero attached hydrogens (tertiary/aromatic N) is 3. The molecule has 0 aliphatic heterocycles. The lowest BCUT2D eigenvalue weighted by atomic mass is 9.96. The molecule has 1 saturated carbocycles. The Kier molecular flexibility index (Phi) is 8.32. The molecule has 1 atom stereocenters. The van der Waals surface area contributed by atoms with Crippen molar-refractivity contribution in [3.63, 3.8) is 0 Å². The summed E-state index contributed by atoms with van der Waals surface area (Å²) in [4.78, 5) is 20.5. The molecule has 4 rings (SSSR count). The van der Waals surface area contributed by atoms with E-state index in [2.05, 4.69) is 21.5 Å². The van der Waals surface area contributed by atoms with Gasteiger partial charge in [-0.2, -0.15) is 4.98 Å². The van der Waals surface area contributed by atoms with E-state index in [-0.39, 0.29) is 13.2 Å². The van der Waals surface area contributed by atoms with Crippen LogP contribution in [0, 0.1) is 13.8 Å². The van der Waals surface area contributed by atoms with Gasteiger partial charge in [0.25, 0.3) is 5.89 Å². The third kappa shape index (κ3) is 5.91. The zero-order chi connectivity index (χ0) is 25.7. The van der Waals surface area contributed by atoms with Gasteiger partial charge >= 0.3 is 0 Å². The minimum atomic E-state index is -0.903. The highest BCUT2D eigenvalue weighted by Crippen LogP contribution is 2.36. The molecule has 192 valence electrons. The molecule has 1 aromatic carbocycles. The van der Waals surface area contributed by atoms with E-state index in [0.29, 0.717) is 35.5 Å². The van der Waals surface area contributed by atoms with E-state index < -0.39 is 18.6 Å². The standard InChI is InChI=1S/C27H34N4O5/c1-4-18-12-20(11-16(2)25(18)35-15-21(33)13-28-24(34)14-32)26-30-27(36-31-26)23-10-9-22(17(3)29-23)19-7-5-6-8-19/h9-12,19,21,32-33H,4-8,13-15H2,1-3H3,(H,28,34)/t21-/m0/s1. The molecule has 1 aliphatic carbocycles. The topological polar surface area (TPSA) is 131 Å². The van der Waals surface area contributed by atoms with Gasteiger partial charge in [0.15, 0.2) is 0 Å². The summed E-state index contributed by atoms with van der Waals surface area (Å²) in [5.74, 6) is 1.59. The molecule has 1 fully saturated rings. The van der Waals surface area contributed by atoms with Crippen molar-refractivity contribution in [1.82, 2.24) is 20.4 Å². The van der Waals surface area contributed by atoms with Gasteiger partial charge in [-0.15, -0.1) is 0 Å². The molecule has 9 heteroatoms. The second-order valence-electron chi connectivity index (χ2n) is 9.34. The third-order valence-corrected chi connectivity index (χ3v) is 6.66. The minimum Gasteiger partial charge on any atom is -0.490 e. The molecule has 36 heavy (non-hydrogen) atoms. The number of pyridine rings is 1. The summed E-state index contributed by atoms with van der Waals surface area (Å²) in [5.41, 5.74) is 5.62. The molecule has 0 unspecified atom stereocenters. The van der Waals surface area contributed by atoms with E-state index in [4.69, 9.17) is 19.4 Å². The van der Waals surface area contributed by atoms with E-state index in [0.717, 1.165) is 22.4 Å². The number of carbonyl (C=O) groups excluding carboxylic acids is 1. The van der Waals surface area contributed by atoms with Crippen LogP contribution in [0.15, 0.2) is 28.8 Å². The molecule has 2 heterocycles. The number of aromatic nitrogens is 3. The zero-order valence-electron chi connectivity index (χ0n) is 21.1. The summed E-state index contributed by atoms with van der Waals surface area (Å²) in [7, 11) is 0. The lowest BCUT2D eigenvalue weighted by molar-refractivity contribution is -0.124. The zero-order valence-corrected chi connectivity index (χ0v) is 21.1. The lowest BCUT2D eigenvalue weighted by Gasteiger charge is -2.17. The second kappa shape index (κ2) is 11.6. The molecule has 3 N–H and O–H groups in total. The van der Waals surface area contributed by atoms with Crippen molar-refractivity contribution in [1.29, 1.82) is 0 Å². The molecule has 0 spiro atoms. The Morgan fingerprint density at radius 2 is 2.00 bits per heavy atom. The van der Waals surface area contributed by atoms with Gasteiger partial charge in [-0.05, 0) is 73.9 Å². The van der Waals surface area contributed by atoms with Crippen LogP contribution in [0.1, 0.15) is 60.9 Å². The van der Waals surface area contributed by atoms with Crippen LogP contribution in [-0.4, -0.2) is 57.1 Å². The number of aliphatic hydroxyl groups excluding tert-OH is 2. The van der Waals surface area contributed by atoms with E-state index in [1.54, 1.807) is 0 Å². The predicted octanol–water partition coefficient (Wildman–Crippen LogP) is 3.48. The Morgan fingerprint density at radius 1 is 1.22 bits per heavy atom. The highest BCUT2D eigenvalue weighted by atomic mass is 16.5. The summed E-state index contributed by atoms with van der Waals surface area (Å²) in [5, 5.41) is 25.5. The number of hydrogen-bond donors (Lipinski definition) is 3. The van der Waals surface area contributed by atoms with Crippen molar-refractivity contribution in [2.24, 2.45) is 0 Å². The maximum atomic E-state index is 11.2. The largest absolute Gasteiger partial charge is 0.490 e. The average molecular weight is 495 g/mol. The normalized spacial score (nSPS) is 14.7. The van der Waals surface area contributed by atoms with Crippen LogP contribution in [0.25, 0.3) is 23.0 Å². The quantitative estimate of drug-likeness (QED) is 0.390. The Labute approximate surface area is 210 Å². The number of carbonyl (C=O) groups is 1. The minimum absolute atomic E-state index is 0.00123. The van der Waals surface area contributed by atoms with E-state index in [1.807, 2.05) is 39.0 Å². The molecule has 0 bridgehead atoms. The number of amides is 1. The Bertz CT molecular complexity index is 1200. The van der Waals surface area contributed by atoms with E-state index >= 15 is 0 Å². The Morgan fingerprint density at radius 3 is 2.69 bits per heavy atom. The highest BCUT2D eigenvalue weighted by Gasteiger charge is 2.21. The van der Waals surface area contributed by atoms with Crippen molar-refractivity contribution >= 4 is 5.91 Å². The van der Waals surface area contributed by atoms with Gasteiger partial charge in [0, 0.05) is 17.8 Å². The van der Waals surface area contributed by atoms with Gasteiger partial charge in [0.1, 0.15) is 30.8 Å². The van der Waals surface area contributed by atoms with Crippen LogP contribution < -0.4 is 10.1 Å². The summed E-state index contributed by atoms with van der Waals surface area (Å²) in [6, 6.07) is 7.99. The molecule has 2 aromatic heterocycles. The number of ether oxygens (including phenoxy) is 1. The first-order valence-corrected chi connectivity index (χ1v) is 12.5. The predicted molar refractivity (Wildman–Crippen MR) is 135 cm³/mol.